The summed E-state index contributed by atoms with van der Waals surface area (Å²) in [5.74, 6) is -0.0515. The minimum atomic E-state index is -0.215. The number of H-pyrrole nitrogens is 1. The fourth-order valence-corrected chi connectivity index (χ4v) is 2.97. The van der Waals surface area contributed by atoms with Crippen LogP contribution in [0.3, 0.4) is 0 Å². The number of nitrogens with one attached hydrogen (secondary N) is 2. The van der Waals surface area contributed by atoms with Gasteiger partial charge in [-0.1, -0.05) is 12.1 Å². The Morgan fingerprint density at radius 1 is 1.32 bits per heavy atom. The summed E-state index contributed by atoms with van der Waals surface area (Å²) >= 11 is 5.24. The number of nitrogens with zero attached hydrogens (tertiary/aromatic N) is 2. The Morgan fingerprint density at radius 2 is 2.00 bits per heavy atom. The third kappa shape index (κ3) is 2.82. The second-order valence-electron chi connectivity index (χ2n) is 5.70. The normalized spacial score (nSPS) is 16.1. The first-order chi connectivity index (χ1) is 10.6. The Morgan fingerprint density at radius 3 is 2.73 bits per heavy atom. The van der Waals surface area contributed by atoms with Crippen molar-refractivity contribution in [2.45, 2.75) is 6.54 Å². The van der Waals surface area contributed by atoms with Crippen LogP contribution in [0.4, 0.5) is 0 Å². The van der Waals surface area contributed by atoms with E-state index in [-0.39, 0.29) is 22.8 Å². The lowest BCUT2D eigenvalue weighted by atomic mass is 10.2. The van der Waals surface area contributed by atoms with Crippen LogP contribution >= 0.6 is 12.2 Å². The molecule has 1 saturated heterocycles. The van der Waals surface area contributed by atoms with E-state index in [1.54, 1.807) is 12.1 Å². The molecule has 2 N–H and O–H groups in total. The first-order valence-electron chi connectivity index (χ1n) is 7.37. The minimum absolute atomic E-state index is 0.00194. The maximum atomic E-state index is 12.5. The second-order valence-corrected chi connectivity index (χ2v) is 6.09. The molecule has 1 aliphatic rings. The zero-order chi connectivity index (χ0) is 15.7. The number of fused-ring (bicyclic) bond motifs is 1. The van der Waals surface area contributed by atoms with Crippen molar-refractivity contribution in [2.24, 2.45) is 0 Å². The van der Waals surface area contributed by atoms with Crippen LogP contribution in [-0.2, 0) is 11.3 Å². The number of amides is 1. The highest BCUT2D eigenvalue weighted by Gasteiger charge is 2.22. The van der Waals surface area contributed by atoms with Gasteiger partial charge in [0.25, 0.3) is 5.56 Å². The highest BCUT2D eigenvalue weighted by Crippen LogP contribution is 2.06. The van der Waals surface area contributed by atoms with Gasteiger partial charge in [-0.15, -0.1) is 0 Å². The molecule has 0 atom stereocenters. The summed E-state index contributed by atoms with van der Waals surface area (Å²) < 4.78 is 1.64. The quantitative estimate of drug-likeness (QED) is 0.728. The highest BCUT2D eigenvalue weighted by molar-refractivity contribution is 7.71. The Kier molecular flexibility index (Phi) is 4.08. The highest BCUT2D eigenvalue weighted by atomic mass is 32.1. The third-order valence-corrected chi connectivity index (χ3v) is 4.47. The monoisotopic (exact) mass is 319 g/mol. The number of quaternary nitrogens is 1. The number of para-hydroxylation sites is 1. The van der Waals surface area contributed by atoms with Crippen LogP contribution in [0.2, 0.25) is 0 Å². The van der Waals surface area contributed by atoms with Crippen LogP contribution in [0, 0.1) is 4.77 Å². The van der Waals surface area contributed by atoms with Crippen molar-refractivity contribution in [2.75, 3.05) is 33.2 Å². The molecule has 1 aromatic carbocycles. The largest absolute Gasteiger partial charge is 0.334 e. The van der Waals surface area contributed by atoms with E-state index in [9.17, 15) is 9.59 Å². The van der Waals surface area contributed by atoms with E-state index in [1.807, 2.05) is 17.0 Å². The SMILES string of the molecule is C[NH+]1CCN(C(=O)Cn2c(=S)[nH]c3ccccc3c2=O)CC1. The van der Waals surface area contributed by atoms with Crippen molar-refractivity contribution in [3.8, 4) is 0 Å². The molecule has 0 bridgehead atoms. The number of rotatable bonds is 2. The molecular formula is C15H19N4O2S+. The molecule has 3 rings (SSSR count). The number of hydrogen-bond donors (Lipinski definition) is 2. The number of aromatic nitrogens is 2. The molecule has 0 saturated carbocycles. The minimum Gasteiger partial charge on any atom is -0.334 e. The average molecular weight is 319 g/mol. The Labute approximate surface area is 133 Å². The van der Waals surface area contributed by atoms with Crippen LogP contribution in [-0.4, -0.2) is 53.6 Å². The van der Waals surface area contributed by atoms with Gasteiger partial charge in [0, 0.05) is 0 Å². The standard InChI is InChI=1S/C15H18N4O2S/c1-17-6-8-18(9-7-17)13(20)10-19-14(21)11-4-2-3-5-12(11)16-15(19)22/h2-5H,6-10H2,1H3,(H,16,22)/p+1. The van der Waals surface area contributed by atoms with E-state index in [2.05, 4.69) is 12.0 Å². The van der Waals surface area contributed by atoms with Gasteiger partial charge in [-0.25, -0.2) is 0 Å². The van der Waals surface area contributed by atoms with E-state index < -0.39 is 0 Å². The van der Waals surface area contributed by atoms with Crippen molar-refractivity contribution < 1.29 is 9.69 Å². The van der Waals surface area contributed by atoms with Gasteiger partial charge in [0.15, 0.2) is 4.77 Å². The molecule has 1 aromatic heterocycles. The molecule has 7 heteroatoms. The molecule has 1 amide bonds. The van der Waals surface area contributed by atoms with Gasteiger partial charge in [0.05, 0.1) is 44.1 Å². The van der Waals surface area contributed by atoms with Crippen LogP contribution in [0.5, 0.6) is 0 Å². The molecule has 2 aromatic rings. The molecule has 0 spiro atoms. The Hall–Kier alpha value is -1.99. The summed E-state index contributed by atoms with van der Waals surface area (Å²) in [5, 5.41) is 0.548. The number of piperazine rings is 1. The number of likely N-dealkylation sites (N-methyl/N-ethyl adjacent to an activating group) is 1. The molecule has 22 heavy (non-hydrogen) atoms. The molecule has 116 valence electrons. The lowest BCUT2D eigenvalue weighted by molar-refractivity contribution is -0.883. The zero-order valence-electron chi connectivity index (χ0n) is 12.5. The molecular weight excluding hydrogens is 300 g/mol. The summed E-state index contributed by atoms with van der Waals surface area (Å²) in [6.45, 7) is 3.32. The maximum absolute atomic E-state index is 12.5. The summed E-state index contributed by atoms with van der Waals surface area (Å²) in [6, 6.07) is 7.19. The number of carbonyl (C=O) groups excluding carboxylic acids is 1. The fraction of sp³-hybridized carbons (Fsp3) is 0.400. The van der Waals surface area contributed by atoms with Crippen LogP contribution in [0.15, 0.2) is 29.1 Å². The van der Waals surface area contributed by atoms with Crippen molar-refractivity contribution in [1.82, 2.24) is 14.5 Å². The lowest BCUT2D eigenvalue weighted by Gasteiger charge is -2.30. The van der Waals surface area contributed by atoms with Crippen LogP contribution in [0.25, 0.3) is 10.9 Å². The van der Waals surface area contributed by atoms with Crippen molar-refractivity contribution in [1.29, 1.82) is 0 Å². The molecule has 2 heterocycles. The first kappa shape index (κ1) is 14.9. The van der Waals surface area contributed by atoms with Gasteiger partial charge in [0.2, 0.25) is 5.91 Å². The van der Waals surface area contributed by atoms with E-state index in [1.165, 1.54) is 9.47 Å². The molecule has 6 nitrogen and oxygen atoms in total. The van der Waals surface area contributed by atoms with Crippen LogP contribution in [0.1, 0.15) is 0 Å². The smallest absolute Gasteiger partial charge is 0.262 e. The van der Waals surface area contributed by atoms with E-state index >= 15 is 0 Å². The summed E-state index contributed by atoms with van der Waals surface area (Å²) in [5.41, 5.74) is 0.483. The average Bonchev–Trinajstić information content (AvgIpc) is 2.52. The lowest BCUT2D eigenvalue weighted by Crippen LogP contribution is -3.12. The first-order valence-corrected chi connectivity index (χ1v) is 7.78. The van der Waals surface area contributed by atoms with Gasteiger partial charge in [-0.2, -0.15) is 0 Å². The Balaban J connectivity index is 1.89. The fourth-order valence-electron chi connectivity index (χ4n) is 2.72. The van der Waals surface area contributed by atoms with Gasteiger partial charge in [-0.05, 0) is 24.4 Å². The summed E-state index contributed by atoms with van der Waals surface area (Å²) in [4.78, 5) is 31.2. The summed E-state index contributed by atoms with van der Waals surface area (Å²) in [7, 11) is 2.12. The number of aromatic amines is 1. The van der Waals surface area contributed by atoms with Crippen molar-refractivity contribution in [3.63, 3.8) is 0 Å². The van der Waals surface area contributed by atoms with Crippen molar-refractivity contribution >= 4 is 29.0 Å². The molecule has 1 fully saturated rings. The maximum Gasteiger partial charge on any atom is 0.262 e. The van der Waals surface area contributed by atoms with Crippen LogP contribution < -0.4 is 10.5 Å². The van der Waals surface area contributed by atoms with Crippen molar-refractivity contribution in [3.05, 3.63) is 39.4 Å². The zero-order valence-corrected chi connectivity index (χ0v) is 13.3. The van der Waals surface area contributed by atoms with Gasteiger partial charge >= 0.3 is 0 Å². The molecule has 0 unspecified atom stereocenters. The predicted octanol–water partition coefficient (Wildman–Crippen LogP) is -0.584. The number of benzene rings is 1. The molecule has 0 aliphatic carbocycles. The molecule has 0 radical (unpaired) electrons. The number of carbonyl (C=O) groups is 1. The topological polar surface area (TPSA) is 62.5 Å². The molecule has 1 aliphatic heterocycles. The van der Waals surface area contributed by atoms with E-state index in [4.69, 9.17) is 12.2 Å². The van der Waals surface area contributed by atoms with Gasteiger partial charge in [-0.3, -0.25) is 14.2 Å². The van der Waals surface area contributed by atoms with E-state index in [0.29, 0.717) is 10.9 Å². The third-order valence-electron chi connectivity index (χ3n) is 4.15. The predicted molar refractivity (Wildman–Crippen MR) is 86.6 cm³/mol. The number of hydrogen-bond acceptors (Lipinski definition) is 3. The summed E-state index contributed by atoms with van der Waals surface area (Å²) in [6.07, 6.45) is 0. The van der Waals surface area contributed by atoms with Gasteiger partial charge in [0.1, 0.15) is 6.54 Å². The second kappa shape index (κ2) is 6.02. The Bertz CT molecular complexity index is 818. The van der Waals surface area contributed by atoms with Gasteiger partial charge < -0.3 is 14.8 Å². The van der Waals surface area contributed by atoms with E-state index in [0.717, 1.165) is 26.2 Å².